The first-order valence-electron chi connectivity index (χ1n) is 11.2. The summed E-state index contributed by atoms with van der Waals surface area (Å²) in [6, 6.07) is 16.6. The van der Waals surface area contributed by atoms with Crippen LogP contribution in [0, 0.1) is 0 Å². The van der Waals surface area contributed by atoms with Gasteiger partial charge in [0, 0.05) is 36.6 Å². The number of likely N-dealkylation sites (tertiary alicyclic amines) is 1. The van der Waals surface area contributed by atoms with E-state index in [-0.39, 0.29) is 29.8 Å². The van der Waals surface area contributed by atoms with Crippen molar-refractivity contribution in [3.63, 3.8) is 0 Å². The van der Waals surface area contributed by atoms with Gasteiger partial charge in [0.2, 0.25) is 11.3 Å². The summed E-state index contributed by atoms with van der Waals surface area (Å²) in [5.74, 6) is 0.0299. The molecule has 0 atom stereocenters. The average molecular weight is 433 g/mol. The van der Waals surface area contributed by atoms with Crippen LogP contribution in [0.3, 0.4) is 0 Å². The fourth-order valence-corrected chi connectivity index (χ4v) is 4.40. The molecule has 0 spiro atoms. The van der Waals surface area contributed by atoms with Crippen molar-refractivity contribution in [3.05, 3.63) is 76.6 Å². The highest BCUT2D eigenvalue weighted by Gasteiger charge is 2.29. The number of hydrogen-bond donors (Lipinski definition) is 0. The summed E-state index contributed by atoms with van der Waals surface area (Å²) in [5, 5.41) is 4.77. The van der Waals surface area contributed by atoms with Crippen LogP contribution in [0.4, 0.5) is 0 Å². The Morgan fingerprint density at radius 3 is 2.44 bits per heavy atom. The number of carbonyl (C=O) groups is 2. The van der Waals surface area contributed by atoms with E-state index in [0.717, 1.165) is 19.3 Å². The molecule has 2 heterocycles. The normalized spacial score (nSPS) is 14.5. The smallest absolute Gasteiger partial charge is 0.253 e. The maximum Gasteiger partial charge on any atom is 0.253 e. The van der Waals surface area contributed by atoms with Gasteiger partial charge in [0.25, 0.3) is 5.91 Å². The molecule has 1 fully saturated rings. The SMILES string of the molecule is CCCN(C(=O)Cn1ncc(=O)c2ccccc21)C1CCN(C(=O)c2ccccc2)CC1. The van der Waals surface area contributed by atoms with Crippen molar-refractivity contribution >= 4 is 22.7 Å². The van der Waals surface area contributed by atoms with Crippen LogP contribution < -0.4 is 5.43 Å². The van der Waals surface area contributed by atoms with Gasteiger partial charge in [0.1, 0.15) is 6.54 Å². The monoisotopic (exact) mass is 432 g/mol. The fourth-order valence-electron chi connectivity index (χ4n) is 4.40. The lowest BCUT2D eigenvalue weighted by Gasteiger charge is -2.38. The Morgan fingerprint density at radius 2 is 1.72 bits per heavy atom. The van der Waals surface area contributed by atoms with Gasteiger partial charge in [0.05, 0.1) is 11.7 Å². The van der Waals surface area contributed by atoms with Gasteiger partial charge in [-0.15, -0.1) is 0 Å². The molecule has 0 aliphatic carbocycles. The zero-order valence-corrected chi connectivity index (χ0v) is 18.3. The number of rotatable bonds is 6. The van der Waals surface area contributed by atoms with Crippen LogP contribution in [-0.2, 0) is 11.3 Å². The summed E-state index contributed by atoms with van der Waals surface area (Å²) in [7, 11) is 0. The van der Waals surface area contributed by atoms with E-state index < -0.39 is 0 Å². The molecule has 3 aromatic rings. The predicted molar refractivity (Wildman–Crippen MR) is 123 cm³/mol. The highest BCUT2D eigenvalue weighted by molar-refractivity contribution is 5.94. The third-order valence-corrected chi connectivity index (χ3v) is 6.05. The van der Waals surface area contributed by atoms with Gasteiger partial charge in [-0.3, -0.25) is 19.1 Å². The minimum absolute atomic E-state index is 0.0130. The van der Waals surface area contributed by atoms with E-state index in [1.165, 1.54) is 6.20 Å². The molecule has 0 radical (unpaired) electrons. The van der Waals surface area contributed by atoms with Gasteiger partial charge < -0.3 is 9.80 Å². The molecule has 2 amide bonds. The number of piperidine rings is 1. The van der Waals surface area contributed by atoms with E-state index in [4.69, 9.17) is 0 Å². The summed E-state index contributed by atoms with van der Waals surface area (Å²) in [6.07, 6.45) is 3.63. The van der Waals surface area contributed by atoms with Gasteiger partial charge >= 0.3 is 0 Å². The molecule has 4 rings (SSSR count). The molecule has 1 aliphatic heterocycles. The molecule has 2 aromatic carbocycles. The predicted octanol–water partition coefficient (Wildman–Crippen LogP) is 2.94. The van der Waals surface area contributed by atoms with Crippen LogP contribution in [-0.4, -0.2) is 57.1 Å². The maximum atomic E-state index is 13.3. The minimum Gasteiger partial charge on any atom is -0.338 e. The van der Waals surface area contributed by atoms with Crippen molar-refractivity contribution in [1.29, 1.82) is 0 Å². The number of amides is 2. The van der Waals surface area contributed by atoms with E-state index >= 15 is 0 Å². The van der Waals surface area contributed by atoms with Crippen molar-refractivity contribution in [2.45, 2.75) is 38.8 Å². The Hall–Kier alpha value is -3.48. The van der Waals surface area contributed by atoms with Crippen molar-refractivity contribution in [2.75, 3.05) is 19.6 Å². The molecule has 32 heavy (non-hydrogen) atoms. The van der Waals surface area contributed by atoms with Crippen molar-refractivity contribution in [3.8, 4) is 0 Å². The number of fused-ring (bicyclic) bond motifs is 1. The Kier molecular flexibility index (Phi) is 6.63. The van der Waals surface area contributed by atoms with E-state index in [2.05, 4.69) is 12.0 Å². The number of para-hydroxylation sites is 1. The second-order valence-electron chi connectivity index (χ2n) is 8.16. The number of hydrogen-bond acceptors (Lipinski definition) is 4. The Labute approximate surface area is 187 Å². The minimum atomic E-state index is -0.148. The van der Waals surface area contributed by atoms with Crippen LogP contribution >= 0.6 is 0 Å². The topological polar surface area (TPSA) is 75.5 Å². The van der Waals surface area contributed by atoms with Gasteiger partial charge in [0.15, 0.2) is 0 Å². The van der Waals surface area contributed by atoms with Gasteiger partial charge in [-0.1, -0.05) is 37.3 Å². The molecule has 0 saturated carbocycles. The highest BCUT2D eigenvalue weighted by Crippen LogP contribution is 2.20. The van der Waals surface area contributed by atoms with E-state index in [1.807, 2.05) is 58.3 Å². The van der Waals surface area contributed by atoms with Crippen LogP contribution in [0.2, 0.25) is 0 Å². The van der Waals surface area contributed by atoms with Crippen molar-refractivity contribution < 1.29 is 9.59 Å². The lowest BCUT2D eigenvalue weighted by atomic mass is 10.0. The highest BCUT2D eigenvalue weighted by atomic mass is 16.2. The molecule has 1 aromatic heterocycles. The van der Waals surface area contributed by atoms with Gasteiger partial charge in [-0.25, -0.2) is 0 Å². The molecule has 1 aliphatic rings. The Balaban J connectivity index is 1.45. The molecule has 7 nitrogen and oxygen atoms in total. The number of carbonyl (C=O) groups excluding carboxylic acids is 2. The first-order chi connectivity index (χ1) is 15.6. The second kappa shape index (κ2) is 9.77. The van der Waals surface area contributed by atoms with E-state index in [1.54, 1.807) is 10.7 Å². The third-order valence-electron chi connectivity index (χ3n) is 6.05. The van der Waals surface area contributed by atoms with Crippen LogP contribution in [0.5, 0.6) is 0 Å². The Bertz CT molecular complexity index is 1150. The Morgan fingerprint density at radius 1 is 1.03 bits per heavy atom. The first kappa shape index (κ1) is 21.7. The molecule has 1 saturated heterocycles. The standard InChI is InChI=1S/C25H28N4O3/c1-2-14-28(20-12-15-27(16-13-20)25(32)19-8-4-3-5-9-19)24(31)18-29-22-11-7-6-10-21(22)23(30)17-26-29/h3-11,17,20H,2,12-16,18H2,1H3. The number of aromatic nitrogens is 2. The van der Waals surface area contributed by atoms with E-state index in [0.29, 0.717) is 36.1 Å². The summed E-state index contributed by atoms with van der Waals surface area (Å²) >= 11 is 0. The lowest BCUT2D eigenvalue weighted by Crippen LogP contribution is -2.50. The van der Waals surface area contributed by atoms with Crippen molar-refractivity contribution in [1.82, 2.24) is 19.6 Å². The van der Waals surface area contributed by atoms with E-state index in [9.17, 15) is 14.4 Å². The molecule has 0 bridgehead atoms. The zero-order chi connectivity index (χ0) is 22.5. The molecule has 0 N–H and O–H groups in total. The summed E-state index contributed by atoms with van der Waals surface area (Å²) in [6.45, 7) is 4.07. The van der Waals surface area contributed by atoms with Gasteiger partial charge in [-0.05, 0) is 43.5 Å². The zero-order valence-electron chi connectivity index (χ0n) is 18.3. The third kappa shape index (κ3) is 4.56. The summed E-state index contributed by atoms with van der Waals surface area (Å²) in [4.78, 5) is 41.9. The largest absolute Gasteiger partial charge is 0.338 e. The number of benzene rings is 2. The summed E-state index contributed by atoms with van der Waals surface area (Å²) < 4.78 is 1.61. The van der Waals surface area contributed by atoms with Gasteiger partial charge in [-0.2, -0.15) is 5.10 Å². The number of nitrogens with zero attached hydrogens (tertiary/aromatic N) is 4. The lowest BCUT2D eigenvalue weighted by molar-refractivity contribution is -0.135. The molecule has 7 heteroatoms. The van der Waals surface area contributed by atoms with Crippen LogP contribution in [0.1, 0.15) is 36.5 Å². The second-order valence-corrected chi connectivity index (χ2v) is 8.16. The molecular formula is C25H28N4O3. The average Bonchev–Trinajstić information content (AvgIpc) is 2.84. The quantitative estimate of drug-likeness (QED) is 0.600. The molecular weight excluding hydrogens is 404 g/mol. The fraction of sp³-hybridized carbons (Fsp3) is 0.360. The first-order valence-corrected chi connectivity index (χ1v) is 11.2. The van der Waals surface area contributed by atoms with Crippen molar-refractivity contribution in [2.24, 2.45) is 0 Å². The molecule has 0 unspecified atom stereocenters. The van der Waals surface area contributed by atoms with Crippen LogP contribution in [0.25, 0.3) is 10.9 Å². The van der Waals surface area contributed by atoms with Crippen LogP contribution in [0.15, 0.2) is 65.6 Å². The molecule has 166 valence electrons. The summed E-state index contributed by atoms with van der Waals surface area (Å²) in [5.41, 5.74) is 1.21. The maximum absolute atomic E-state index is 13.3.